The van der Waals surface area contributed by atoms with Crippen LogP contribution in [-0.2, 0) is 16.1 Å². The molecule has 156 valence electrons. The molecule has 1 aliphatic rings. The summed E-state index contributed by atoms with van der Waals surface area (Å²) in [5, 5.41) is 10.9. The van der Waals surface area contributed by atoms with E-state index in [-0.39, 0.29) is 17.9 Å². The van der Waals surface area contributed by atoms with Gasteiger partial charge in [-0.25, -0.2) is 8.78 Å². The Morgan fingerprint density at radius 2 is 1.42 bits per heavy atom. The smallest absolute Gasteiger partial charge is 0.295 e. The van der Waals surface area contributed by atoms with E-state index in [0.29, 0.717) is 16.7 Å². The molecular weight excluding hydrogens is 468 g/mol. The molecule has 0 saturated carbocycles. The SMILES string of the molecule is O=C1C(=O)N(Cc2ccc(F)cc2)C(c2ccc(F)cc2)/C1=C(/O)c1ccc(Br)cc1. The molecule has 0 aliphatic carbocycles. The summed E-state index contributed by atoms with van der Waals surface area (Å²) in [5.74, 6) is -2.83. The fourth-order valence-electron chi connectivity index (χ4n) is 3.58. The Kier molecular flexibility index (Phi) is 5.69. The molecule has 1 N–H and O–H groups in total. The number of benzene rings is 3. The summed E-state index contributed by atoms with van der Waals surface area (Å²) in [4.78, 5) is 27.1. The number of hydrogen-bond donors (Lipinski definition) is 1. The zero-order chi connectivity index (χ0) is 22.1. The molecule has 1 aliphatic heterocycles. The van der Waals surface area contributed by atoms with Gasteiger partial charge in [0.15, 0.2) is 0 Å². The highest BCUT2D eigenvalue weighted by atomic mass is 79.9. The van der Waals surface area contributed by atoms with Crippen LogP contribution in [0.15, 0.2) is 82.8 Å². The maximum absolute atomic E-state index is 13.5. The third-order valence-electron chi connectivity index (χ3n) is 5.11. The normalized spacial score (nSPS) is 17.9. The van der Waals surface area contributed by atoms with Crippen molar-refractivity contribution in [3.8, 4) is 0 Å². The van der Waals surface area contributed by atoms with Gasteiger partial charge in [-0.05, 0) is 47.5 Å². The van der Waals surface area contributed by atoms with Crippen LogP contribution in [0.5, 0.6) is 0 Å². The summed E-state index contributed by atoms with van der Waals surface area (Å²) >= 11 is 3.32. The number of aliphatic hydroxyl groups is 1. The van der Waals surface area contributed by atoms with Gasteiger partial charge >= 0.3 is 0 Å². The van der Waals surface area contributed by atoms with Crippen molar-refractivity contribution in [3.05, 3.63) is 111 Å². The van der Waals surface area contributed by atoms with Gasteiger partial charge in [-0.3, -0.25) is 9.59 Å². The molecule has 0 spiro atoms. The maximum atomic E-state index is 13.5. The molecule has 3 aromatic rings. The number of carbonyl (C=O) groups excluding carboxylic acids is 2. The van der Waals surface area contributed by atoms with Crippen molar-refractivity contribution in [2.24, 2.45) is 0 Å². The first-order valence-corrected chi connectivity index (χ1v) is 10.2. The van der Waals surface area contributed by atoms with Crippen LogP contribution in [0, 0.1) is 11.6 Å². The van der Waals surface area contributed by atoms with E-state index < -0.39 is 29.4 Å². The molecule has 7 heteroatoms. The Hall–Kier alpha value is -3.32. The van der Waals surface area contributed by atoms with Crippen LogP contribution in [0.4, 0.5) is 8.78 Å². The Morgan fingerprint density at radius 3 is 2.00 bits per heavy atom. The fourth-order valence-corrected chi connectivity index (χ4v) is 3.85. The second-order valence-electron chi connectivity index (χ2n) is 7.11. The van der Waals surface area contributed by atoms with Crippen molar-refractivity contribution < 1.29 is 23.5 Å². The monoisotopic (exact) mass is 483 g/mol. The fraction of sp³-hybridized carbons (Fsp3) is 0.0833. The molecule has 1 unspecified atom stereocenters. The lowest BCUT2D eigenvalue weighted by atomic mass is 9.95. The highest BCUT2D eigenvalue weighted by Gasteiger charge is 2.46. The van der Waals surface area contributed by atoms with E-state index >= 15 is 0 Å². The van der Waals surface area contributed by atoms with Gasteiger partial charge in [-0.2, -0.15) is 0 Å². The van der Waals surface area contributed by atoms with Crippen LogP contribution in [0.25, 0.3) is 5.76 Å². The molecule has 1 amide bonds. The summed E-state index contributed by atoms with van der Waals surface area (Å²) in [5.41, 5.74) is 1.37. The predicted molar refractivity (Wildman–Crippen MR) is 115 cm³/mol. The number of amides is 1. The van der Waals surface area contributed by atoms with Crippen molar-refractivity contribution in [2.45, 2.75) is 12.6 Å². The number of halogens is 3. The predicted octanol–water partition coefficient (Wildman–Crippen LogP) is 5.35. The minimum atomic E-state index is -0.922. The molecule has 4 rings (SSSR count). The number of Topliss-reactive ketones (excluding diaryl/α,β-unsaturated/α-hetero) is 1. The molecule has 31 heavy (non-hydrogen) atoms. The lowest BCUT2D eigenvalue weighted by Gasteiger charge is -2.25. The molecule has 3 aromatic carbocycles. The first kappa shape index (κ1) is 20.9. The highest BCUT2D eigenvalue weighted by molar-refractivity contribution is 9.10. The van der Waals surface area contributed by atoms with Gasteiger partial charge in [0.1, 0.15) is 17.4 Å². The quantitative estimate of drug-likeness (QED) is 0.309. The van der Waals surface area contributed by atoms with Crippen molar-refractivity contribution in [3.63, 3.8) is 0 Å². The van der Waals surface area contributed by atoms with Crippen molar-refractivity contribution in [1.29, 1.82) is 0 Å². The molecule has 1 heterocycles. The average Bonchev–Trinajstić information content (AvgIpc) is 3.01. The van der Waals surface area contributed by atoms with Gasteiger partial charge in [-0.1, -0.05) is 52.3 Å². The summed E-state index contributed by atoms with van der Waals surface area (Å²) in [6.45, 7) is 0.0179. The molecule has 4 nitrogen and oxygen atoms in total. The molecule has 1 atom stereocenters. The van der Waals surface area contributed by atoms with E-state index in [1.165, 1.54) is 53.4 Å². The molecule has 0 bridgehead atoms. The van der Waals surface area contributed by atoms with Crippen LogP contribution in [0.3, 0.4) is 0 Å². The summed E-state index contributed by atoms with van der Waals surface area (Å²) in [7, 11) is 0. The summed E-state index contributed by atoms with van der Waals surface area (Å²) in [6, 6.07) is 16.7. The van der Waals surface area contributed by atoms with Crippen LogP contribution in [0.2, 0.25) is 0 Å². The maximum Gasteiger partial charge on any atom is 0.295 e. The Morgan fingerprint density at radius 1 is 0.871 bits per heavy atom. The average molecular weight is 484 g/mol. The largest absolute Gasteiger partial charge is 0.507 e. The van der Waals surface area contributed by atoms with Gasteiger partial charge in [0.2, 0.25) is 0 Å². The van der Waals surface area contributed by atoms with Gasteiger partial charge in [0.05, 0.1) is 11.6 Å². The number of rotatable bonds is 4. The Labute approximate surface area is 185 Å². The minimum absolute atomic E-state index is 0.0179. The second-order valence-corrected chi connectivity index (χ2v) is 8.03. The number of carbonyl (C=O) groups is 2. The van der Waals surface area contributed by atoms with E-state index in [2.05, 4.69) is 15.9 Å². The molecular formula is C24H16BrF2NO3. The second kappa shape index (κ2) is 8.43. The number of aliphatic hydroxyl groups excluding tert-OH is 1. The first-order chi connectivity index (χ1) is 14.8. The van der Waals surface area contributed by atoms with E-state index in [1.807, 2.05) is 0 Å². The molecule has 1 fully saturated rings. The lowest BCUT2D eigenvalue weighted by molar-refractivity contribution is -0.140. The number of likely N-dealkylation sites (tertiary alicyclic amines) is 1. The zero-order valence-electron chi connectivity index (χ0n) is 16.1. The Bertz CT molecular complexity index is 1170. The topological polar surface area (TPSA) is 57.6 Å². The minimum Gasteiger partial charge on any atom is -0.507 e. The van der Waals surface area contributed by atoms with Crippen LogP contribution in [0.1, 0.15) is 22.7 Å². The molecule has 1 saturated heterocycles. The summed E-state index contributed by atoms with van der Waals surface area (Å²) in [6.07, 6.45) is 0. The molecule has 0 aromatic heterocycles. The first-order valence-electron chi connectivity index (χ1n) is 9.39. The van der Waals surface area contributed by atoms with Gasteiger partial charge < -0.3 is 10.0 Å². The standard InChI is InChI=1S/C24H16BrF2NO3/c25-17-7-3-16(4-8-17)22(29)20-21(15-5-11-19(27)12-6-15)28(24(31)23(20)30)13-14-1-9-18(26)10-2-14/h1-12,21,29H,13H2/b22-20-. The van der Waals surface area contributed by atoms with Crippen LogP contribution in [-0.4, -0.2) is 21.7 Å². The Balaban J connectivity index is 1.84. The van der Waals surface area contributed by atoms with E-state index in [9.17, 15) is 23.5 Å². The number of nitrogens with zero attached hydrogens (tertiary/aromatic N) is 1. The van der Waals surface area contributed by atoms with Gasteiger partial charge in [-0.15, -0.1) is 0 Å². The van der Waals surface area contributed by atoms with Crippen LogP contribution >= 0.6 is 15.9 Å². The van der Waals surface area contributed by atoms with Crippen LogP contribution < -0.4 is 0 Å². The zero-order valence-corrected chi connectivity index (χ0v) is 17.6. The number of hydrogen-bond acceptors (Lipinski definition) is 3. The molecule has 0 radical (unpaired) electrons. The van der Waals surface area contributed by atoms with Crippen molar-refractivity contribution in [1.82, 2.24) is 4.90 Å². The van der Waals surface area contributed by atoms with Gasteiger partial charge in [0.25, 0.3) is 11.7 Å². The third-order valence-corrected chi connectivity index (χ3v) is 5.64. The van der Waals surface area contributed by atoms with E-state index in [0.717, 1.165) is 4.47 Å². The number of ketones is 1. The summed E-state index contributed by atoms with van der Waals surface area (Å²) < 4.78 is 27.6. The van der Waals surface area contributed by atoms with Gasteiger partial charge in [0, 0.05) is 16.6 Å². The lowest BCUT2D eigenvalue weighted by Crippen LogP contribution is -2.29. The van der Waals surface area contributed by atoms with Crippen molar-refractivity contribution >= 4 is 33.4 Å². The van der Waals surface area contributed by atoms with E-state index in [4.69, 9.17) is 0 Å². The highest BCUT2D eigenvalue weighted by Crippen LogP contribution is 2.40. The third kappa shape index (κ3) is 4.14. The van der Waals surface area contributed by atoms with Crippen molar-refractivity contribution in [2.75, 3.05) is 0 Å². The van der Waals surface area contributed by atoms with E-state index in [1.54, 1.807) is 24.3 Å².